The molecule has 1 fully saturated rings. The second-order valence-corrected chi connectivity index (χ2v) is 7.20. The number of carbonyl (C=O) groups excluding carboxylic acids is 1. The Morgan fingerprint density at radius 1 is 1.13 bits per heavy atom. The molecule has 1 aliphatic rings. The average Bonchev–Trinajstić information content (AvgIpc) is 3.46. The summed E-state index contributed by atoms with van der Waals surface area (Å²) in [4.78, 5) is 19.4. The molecular formula is C22H25N5O3. The Balaban J connectivity index is 1.48. The number of aryl methyl sites for hydroxylation is 1. The summed E-state index contributed by atoms with van der Waals surface area (Å²) in [5.41, 5.74) is 1.49. The van der Waals surface area contributed by atoms with Crippen molar-refractivity contribution in [2.45, 2.75) is 31.7 Å². The largest absolute Gasteiger partial charge is 0.481 e. The molecule has 0 saturated carbocycles. The second kappa shape index (κ2) is 8.94. The van der Waals surface area contributed by atoms with Crippen LogP contribution in [0, 0.1) is 0 Å². The third-order valence-electron chi connectivity index (χ3n) is 5.46. The van der Waals surface area contributed by atoms with Gasteiger partial charge in [-0.15, -0.1) is 10.2 Å². The molecule has 156 valence electrons. The number of rotatable bonds is 7. The van der Waals surface area contributed by atoms with Crippen LogP contribution < -0.4 is 9.47 Å². The first-order chi connectivity index (χ1) is 14.7. The highest BCUT2D eigenvalue weighted by Gasteiger charge is 2.31. The highest BCUT2D eigenvalue weighted by Crippen LogP contribution is 2.28. The lowest BCUT2D eigenvalue weighted by Crippen LogP contribution is -2.36. The van der Waals surface area contributed by atoms with Crippen LogP contribution in [0.3, 0.4) is 0 Å². The van der Waals surface area contributed by atoms with Crippen molar-refractivity contribution in [2.75, 3.05) is 20.8 Å². The zero-order valence-corrected chi connectivity index (χ0v) is 17.2. The first kappa shape index (κ1) is 19.9. The molecule has 3 aromatic rings. The number of pyridine rings is 1. The molecule has 1 saturated heterocycles. The minimum absolute atomic E-state index is 0.0611. The standard InChI is InChI=1S/C22H25N5O3/c1-29-20-13-11-18(21(24-20)30-2)22(28)26-14-6-9-17(26)10-12-19-25-23-15-27(19)16-7-4-3-5-8-16/h3-5,7-8,11,13,15,17H,6,9-10,12,14H2,1-2H3. The summed E-state index contributed by atoms with van der Waals surface area (Å²) in [5.74, 6) is 1.54. The van der Waals surface area contributed by atoms with Crippen LogP contribution in [0.15, 0.2) is 48.8 Å². The molecule has 0 aliphatic carbocycles. The molecule has 8 heteroatoms. The van der Waals surface area contributed by atoms with E-state index in [1.165, 1.54) is 14.2 Å². The van der Waals surface area contributed by atoms with E-state index in [1.54, 1.807) is 18.5 Å². The lowest BCUT2D eigenvalue weighted by Gasteiger charge is -2.25. The molecular weight excluding hydrogens is 382 g/mol. The van der Waals surface area contributed by atoms with Crippen LogP contribution in [0.5, 0.6) is 11.8 Å². The van der Waals surface area contributed by atoms with Crippen molar-refractivity contribution in [3.05, 3.63) is 60.2 Å². The van der Waals surface area contributed by atoms with E-state index in [2.05, 4.69) is 15.2 Å². The van der Waals surface area contributed by atoms with Gasteiger partial charge in [0.1, 0.15) is 17.7 Å². The SMILES string of the molecule is COc1ccc(C(=O)N2CCCC2CCc2nncn2-c2ccccc2)c(OC)n1. The normalized spacial score (nSPS) is 15.9. The van der Waals surface area contributed by atoms with Gasteiger partial charge < -0.3 is 14.4 Å². The molecule has 0 spiro atoms. The lowest BCUT2D eigenvalue weighted by atomic mass is 10.1. The van der Waals surface area contributed by atoms with Crippen molar-refractivity contribution in [3.63, 3.8) is 0 Å². The van der Waals surface area contributed by atoms with Crippen LogP contribution in [0.4, 0.5) is 0 Å². The molecule has 2 aromatic heterocycles. The highest BCUT2D eigenvalue weighted by atomic mass is 16.5. The number of methoxy groups -OCH3 is 2. The molecule has 3 heterocycles. The zero-order chi connectivity index (χ0) is 20.9. The fourth-order valence-electron chi connectivity index (χ4n) is 3.94. The molecule has 30 heavy (non-hydrogen) atoms. The Morgan fingerprint density at radius 2 is 1.97 bits per heavy atom. The first-order valence-corrected chi connectivity index (χ1v) is 10.1. The molecule has 1 aliphatic heterocycles. The Bertz CT molecular complexity index is 1010. The summed E-state index contributed by atoms with van der Waals surface area (Å²) in [6, 6.07) is 13.6. The van der Waals surface area contributed by atoms with Crippen LogP contribution in [-0.2, 0) is 6.42 Å². The van der Waals surface area contributed by atoms with Crippen LogP contribution >= 0.6 is 0 Å². The van der Waals surface area contributed by atoms with Crippen molar-refractivity contribution in [1.82, 2.24) is 24.6 Å². The number of amides is 1. The number of nitrogens with zero attached hydrogens (tertiary/aromatic N) is 5. The summed E-state index contributed by atoms with van der Waals surface area (Å²) in [6.45, 7) is 0.726. The quantitative estimate of drug-likeness (QED) is 0.599. The minimum Gasteiger partial charge on any atom is -0.481 e. The number of benzene rings is 1. The molecule has 0 N–H and O–H groups in total. The predicted octanol–water partition coefficient (Wildman–Crippen LogP) is 2.92. The van der Waals surface area contributed by atoms with E-state index in [-0.39, 0.29) is 17.8 Å². The first-order valence-electron chi connectivity index (χ1n) is 10.1. The Labute approximate surface area is 175 Å². The van der Waals surface area contributed by atoms with E-state index in [1.807, 2.05) is 39.8 Å². The van der Waals surface area contributed by atoms with Crippen molar-refractivity contribution < 1.29 is 14.3 Å². The summed E-state index contributed by atoms with van der Waals surface area (Å²) >= 11 is 0. The Morgan fingerprint density at radius 3 is 2.73 bits per heavy atom. The lowest BCUT2D eigenvalue weighted by molar-refractivity contribution is 0.0725. The van der Waals surface area contributed by atoms with Crippen LogP contribution in [0.25, 0.3) is 5.69 Å². The average molecular weight is 407 g/mol. The van der Waals surface area contributed by atoms with Crippen molar-refractivity contribution >= 4 is 5.91 Å². The molecule has 0 bridgehead atoms. The second-order valence-electron chi connectivity index (χ2n) is 7.20. The maximum atomic E-state index is 13.2. The van der Waals surface area contributed by atoms with Gasteiger partial charge in [-0.25, -0.2) is 0 Å². The molecule has 4 rings (SSSR count). The van der Waals surface area contributed by atoms with Crippen LogP contribution in [0.1, 0.15) is 35.4 Å². The summed E-state index contributed by atoms with van der Waals surface area (Å²) in [6.07, 6.45) is 5.24. The molecule has 1 aromatic carbocycles. The van der Waals surface area contributed by atoms with Crippen LogP contribution in [-0.4, -0.2) is 57.4 Å². The molecule has 1 atom stereocenters. The maximum absolute atomic E-state index is 13.2. The number of para-hydroxylation sites is 1. The number of likely N-dealkylation sites (tertiary alicyclic amines) is 1. The van der Waals surface area contributed by atoms with Gasteiger partial charge in [0.15, 0.2) is 0 Å². The minimum atomic E-state index is -0.0611. The van der Waals surface area contributed by atoms with Crippen molar-refractivity contribution in [3.8, 4) is 17.4 Å². The van der Waals surface area contributed by atoms with Gasteiger partial charge in [0.2, 0.25) is 11.8 Å². The van der Waals surface area contributed by atoms with E-state index in [0.29, 0.717) is 11.4 Å². The molecule has 1 unspecified atom stereocenters. The van der Waals surface area contributed by atoms with Crippen LogP contribution in [0.2, 0.25) is 0 Å². The molecule has 0 radical (unpaired) electrons. The number of carbonyl (C=O) groups is 1. The van der Waals surface area contributed by atoms with Gasteiger partial charge in [0.05, 0.1) is 14.2 Å². The smallest absolute Gasteiger partial charge is 0.259 e. The van der Waals surface area contributed by atoms with Crippen molar-refractivity contribution in [2.24, 2.45) is 0 Å². The third-order valence-corrected chi connectivity index (χ3v) is 5.46. The molecule has 1 amide bonds. The Hall–Kier alpha value is -3.42. The third kappa shape index (κ3) is 3.98. The van der Waals surface area contributed by atoms with E-state index in [0.717, 1.165) is 43.7 Å². The van der Waals surface area contributed by atoms with Gasteiger partial charge >= 0.3 is 0 Å². The summed E-state index contributed by atoms with van der Waals surface area (Å²) < 4.78 is 12.5. The predicted molar refractivity (Wildman–Crippen MR) is 111 cm³/mol. The van der Waals surface area contributed by atoms with Gasteiger partial charge in [-0.1, -0.05) is 18.2 Å². The summed E-state index contributed by atoms with van der Waals surface area (Å²) in [7, 11) is 3.05. The highest BCUT2D eigenvalue weighted by molar-refractivity contribution is 5.96. The number of hydrogen-bond acceptors (Lipinski definition) is 6. The maximum Gasteiger partial charge on any atom is 0.259 e. The van der Waals surface area contributed by atoms with Gasteiger partial charge in [0, 0.05) is 30.8 Å². The van der Waals surface area contributed by atoms with Gasteiger partial charge in [-0.2, -0.15) is 4.98 Å². The fraction of sp³-hybridized carbons (Fsp3) is 0.364. The van der Waals surface area contributed by atoms with E-state index in [4.69, 9.17) is 9.47 Å². The number of hydrogen-bond donors (Lipinski definition) is 0. The number of aromatic nitrogens is 4. The van der Waals surface area contributed by atoms with E-state index < -0.39 is 0 Å². The molecule has 8 nitrogen and oxygen atoms in total. The fourth-order valence-corrected chi connectivity index (χ4v) is 3.94. The monoisotopic (exact) mass is 407 g/mol. The van der Waals surface area contributed by atoms with E-state index in [9.17, 15) is 4.79 Å². The zero-order valence-electron chi connectivity index (χ0n) is 17.2. The van der Waals surface area contributed by atoms with Gasteiger partial charge in [-0.3, -0.25) is 9.36 Å². The topological polar surface area (TPSA) is 82.4 Å². The van der Waals surface area contributed by atoms with Gasteiger partial charge in [0.25, 0.3) is 5.91 Å². The van der Waals surface area contributed by atoms with Gasteiger partial charge in [-0.05, 0) is 37.5 Å². The van der Waals surface area contributed by atoms with E-state index >= 15 is 0 Å². The Kier molecular flexibility index (Phi) is 5.92. The summed E-state index contributed by atoms with van der Waals surface area (Å²) in [5, 5.41) is 8.37. The van der Waals surface area contributed by atoms with Crippen molar-refractivity contribution in [1.29, 1.82) is 0 Å². The number of ether oxygens (including phenoxy) is 2.